The fourth-order valence-electron chi connectivity index (χ4n) is 2.12. The summed E-state index contributed by atoms with van der Waals surface area (Å²) in [6.07, 6.45) is -0.487. The molecule has 0 aliphatic rings. The molecule has 0 radical (unpaired) electrons. The second kappa shape index (κ2) is 6.17. The van der Waals surface area contributed by atoms with Crippen molar-refractivity contribution in [3.05, 3.63) is 53.1 Å². The van der Waals surface area contributed by atoms with E-state index in [-0.39, 0.29) is 22.4 Å². The second-order valence-corrected chi connectivity index (χ2v) is 4.63. The molecular formula is C16H14O6. The molecule has 0 aromatic heterocycles. The SMILES string of the molecule is COc1ccc(C(=O)c2c(O)cc(O)cc2CC(=O)O)cc1. The number of ketones is 1. The number of carboxylic acids is 1. The highest BCUT2D eigenvalue weighted by Gasteiger charge is 2.21. The molecule has 0 saturated heterocycles. The second-order valence-electron chi connectivity index (χ2n) is 4.63. The molecule has 0 fully saturated rings. The van der Waals surface area contributed by atoms with Crippen LogP contribution >= 0.6 is 0 Å². The molecule has 0 aliphatic carbocycles. The van der Waals surface area contributed by atoms with E-state index in [0.717, 1.165) is 12.1 Å². The first-order valence-corrected chi connectivity index (χ1v) is 6.37. The molecule has 6 heteroatoms. The highest BCUT2D eigenvalue weighted by Crippen LogP contribution is 2.30. The van der Waals surface area contributed by atoms with Gasteiger partial charge in [0.15, 0.2) is 5.78 Å². The molecule has 0 atom stereocenters. The van der Waals surface area contributed by atoms with Gasteiger partial charge in [-0.2, -0.15) is 0 Å². The predicted molar refractivity (Wildman–Crippen MR) is 77.5 cm³/mol. The molecule has 0 heterocycles. The van der Waals surface area contributed by atoms with Gasteiger partial charge in [-0.3, -0.25) is 9.59 Å². The lowest BCUT2D eigenvalue weighted by Gasteiger charge is -2.10. The summed E-state index contributed by atoms with van der Waals surface area (Å²) >= 11 is 0. The average molecular weight is 302 g/mol. The third-order valence-electron chi connectivity index (χ3n) is 3.10. The van der Waals surface area contributed by atoms with Crippen LogP contribution in [0.5, 0.6) is 17.2 Å². The Balaban J connectivity index is 2.49. The van der Waals surface area contributed by atoms with E-state index in [1.165, 1.54) is 19.2 Å². The number of methoxy groups -OCH3 is 1. The highest BCUT2D eigenvalue weighted by molar-refractivity contribution is 6.12. The zero-order valence-electron chi connectivity index (χ0n) is 11.7. The van der Waals surface area contributed by atoms with Crippen molar-refractivity contribution in [1.82, 2.24) is 0 Å². The highest BCUT2D eigenvalue weighted by atomic mass is 16.5. The molecule has 3 N–H and O–H groups in total. The van der Waals surface area contributed by atoms with Crippen molar-refractivity contribution in [2.24, 2.45) is 0 Å². The summed E-state index contributed by atoms with van der Waals surface area (Å²) in [5, 5.41) is 28.3. The zero-order chi connectivity index (χ0) is 16.3. The van der Waals surface area contributed by atoms with Crippen LogP contribution in [-0.2, 0) is 11.2 Å². The molecule has 0 bridgehead atoms. The van der Waals surface area contributed by atoms with E-state index in [1.807, 2.05) is 0 Å². The Morgan fingerprint density at radius 3 is 2.27 bits per heavy atom. The lowest BCUT2D eigenvalue weighted by atomic mass is 9.95. The molecule has 22 heavy (non-hydrogen) atoms. The summed E-state index contributed by atoms with van der Waals surface area (Å²) in [6, 6.07) is 8.35. The molecular weight excluding hydrogens is 288 g/mol. The van der Waals surface area contributed by atoms with Crippen LogP contribution in [0.4, 0.5) is 0 Å². The Morgan fingerprint density at radius 2 is 1.73 bits per heavy atom. The van der Waals surface area contributed by atoms with Crippen LogP contribution in [0.2, 0.25) is 0 Å². The van der Waals surface area contributed by atoms with Gasteiger partial charge in [-0.1, -0.05) is 0 Å². The van der Waals surface area contributed by atoms with Gasteiger partial charge in [-0.25, -0.2) is 0 Å². The number of phenolic OH excluding ortho intramolecular Hbond substituents is 2. The smallest absolute Gasteiger partial charge is 0.307 e. The lowest BCUT2D eigenvalue weighted by Crippen LogP contribution is -2.10. The summed E-state index contributed by atoms with van der Waals surface area (Å²) in [4.78, 5) is 23.4. The molecule has 0 saturated carbocycles. The van der Waals surface area contributed by atoms with Gasteiger partial charge >= 0.3 is 5.97 Å². The van der Waals surface area contributed by atoms with Gasteiger partial charge in [0.1, 0.15) is 17.2 Å². The van der Waals surface area contributed by atoms with Crippen molar-refractivity contribution in [3.63, 3.8) is 0 Å². The van der Waals surface area contributed by atoms with E-state index in [4.69, 9.17) is 9.84 Å². The number of hydrogen-bond acceptors (Lipinski definition) is 5. The number of carboxylic acid groups (broad SMARTS) is 1. The number of phenols is 2. The largest absolute Gasteiger partial charge is 0.508 e. The van der Waals surface area contributed by atoms with Crippen LogP contribution in [-0.4, -0.2) is 34.2 Å². The Bertz CT molecular complexity index is 718. The van der Waals surface area contributed by atoms with Gasteiger partial charge in [-0.15, -0.1) is 0 Å². The fraction of sp³-hybridized carbons (Fsp3) is 0.125. The minimum Gasteiger partial charge on any atom is -0.508 e. The van der Waals surface area contributed by atoms with Gasteiger partial charge in [0, 0.05) is 11.6 Å². The maximum atomic E-state index is 12.5. The van der Waals surface area contributed by atoms with Crippen molar-refractivity contribution in [2.45, 2.75) is 6.42 Å². The number of carbonyl (C=O) groups excluding carboxylic acids is 1. The normalized spacial score (nSPS) is 10.2. The van der Waals surface area contributed by atoms with E-state index in [9.17, 15) is 19.8 Å². The summed E-state index contributed by atoms with van der Waals surface area (Å²) in [5.41, 5.74) is 0.185. The molecule has 2 aromatic carbocycles. The zero-order valence-corrected chi connectivity index (χ0v) is 11.7. The van der Waals surface area contributed by atoms with Crippen molar-refractivity contribution >= 4 is 11.8 Å². The number of aliphatic carboxylic acids is 1. The minimum absolute atomic E-state index is 0.0471. The van der Waals surface area contributed by atoms with Crippen molar-refractivity contribution in [1.29, 1.82) is 0 Å². The first kappa shape index (κ1) is 15.4. The molecule has 0 amide bonds. The van der Waals surface area contributed by atoms with Crippen LogP contribution in [0.3, 0.4) is 0 Å². The molecule has 0 aliphatic heterocycles. The lowest BCUT2D eigenvalue weighted by molar-refractivity contribution is -0.136. The van der Waals surface area contributed by atoms with Crippen LogP contribution in [0, 0.1) is 0 Å². The van der Waals surface area contributed by atoms with Gasteiger partial charge < -0.3 is 20.1 Å². The number of ether oxygens (including phenoxy) is 1. The van der Waals surface area contributed by atoms with E-state index in [1.54, 1.807) is 12.1 Å². The number of aromatic hydroxyl groups is 2. The van der Waals surface area contributed by atoms with Gasteiger partial charge in [0.2, 0.25) is 0 Å². The maximum absolute atomic E-state index is 12.5. The van der Waals surface area contributed by atoms with E-state index < -0.39 is 23.9 Å². The molecule has 6 nitrogen and oxygen atoms in total. The van der Waals surface area contributed by atoms with E-state index in [2.05, 4.69) is 0 Å². The summed E-state index contributed by atoms with van der Waals surface area (Å²) in [5.74, 6) is -1.90. The van der Waals surface area contributed by atoms with Gasteiger partial charge in [-0.05, 0) is 35.9 Å². The Morgan fingerprint density at radius 1 is 1.09 bits per heavy atom. The van der Waals surface area contributed by atoms with Crippen LogP contribution in [0.25, 0.3) is 0 Å². The minimum atomic E-state index is -1.17. The quantitative estimate of drug-likeness (QED) is 0.729. The van der Waals surface area contributed by atoms with Crippen molar-refractivity contribution < 1.29 is 29.6 Å². The Hall–Kier alpha value is -3.02. The molecule has 2 aromatic rings. The summed E-state index contributed by atoms with van der Waals surface area (Å²) < 4.78 is 5.00. The monoisotopic (exact) mass is 302 g/mol. The third-order valence-corrected chi connectivity index (χ3v) is 3.10. The molecule has 0 unspecified atom stereocenters. The summed E-state index contributed by atoms with van der Waals surface area (Å²) in [7, 11) is 1.49. The van der Waals surface area contributed by atoms with E-state index >= 15 is 0 Å². The fourth-order valence-corrected chi connectivity index (χ4v) is 2.12. The number of carbonyl (C=O) groups is 2. The average Bonchev–Trinajstić information content (AvgIpc) is 2.45. The Labute approximate surface area is 126 Å². The number of rotatable bonds is 5. The standard InChI is InChI=1S/C16H14O6/c1-22-12-4-2-9(3-5-12)16(21)15-10(7-14(19)20)6-11(17)8-13(15)18/h2-6,8,17-18H,7H2,1H3,(H,19,20). The number of hydrogen-bond donors (Lipinski definition) is 3. The first-order valence-electron chi connectivity index (χ1n) is 6.37. The van der Waals surface area contributed by atoms with Crippen LogP contribution < -0.4 is 4.74 Å². The predicted octanol–water partition coefficient (Wildman–Crippen LogP) is 1.96. The van der Waals surface area contributed by atoms with E-state index in [0.29, 0.717) is 5.75 Å². The first-order chi connectivity index (χ1) is 10.4. The van der Waals surface area contributed by atoms with Crippen LogP contribution in [0.15, 0.2) is 36.4 Å². The van der Waals surface area contributed by atoms with Crippen molar-refractivity contribution in [2.75, 3.05) is 7.11 Å². The van der Waals surface area contributed by atoms with Gasteiger partial charge in [0.25, 0.3) is 0 Å². The third kappa shape index (κ3) is 3.17. The summed E-state index contributed by atoms with van der Waals surface area (Å²) in [6.45, 7) is 0. The van der Waals surface area contributed by atoms with Gasteiger partial charge in [0.05, 0.1) is 19.1 Å². The molecule has 2 rings (SSSR count). The number of benzene rings is 2. The maximum Gasteiger partial charge on any atom is 0.307 e. The van der Waals surface area contributed by atoms with Crippen molar-refractivity contribution in [3.8, 4) is 17.2 Å². The van der Waals surface area contributed by atoms with Crippen LogP contribution in [0.1, 0.15) is 21.5 Å². The molecule has 114 valence electrons. The molecule has 0 spiro atoms. The Kier molecular flexibility index (Phi) is 4.31. The topological polar surface area (TPSA) is 104 Å².